The SMILES string of the molecule is O=C(COc1ccc(I)cc1)N/N=C/c1cccc([N+](=O)[O-])c1. The van der Waals surface area contributed by atoms with Gasteiger partial charge in [0.2, 0.25) is 0 Å². The van der Waals surface area contributed by atoms with Gasteiger partial charge in [-0.1, -0.05) is 12.1 Å². The van der Waals surface area contributed by atoms with E-state index in [0.717, 1.165) is 3.57 Å². The number of ether oxygens (including phenoxy) is 1. The summed E-state index contributed by atoms with van der Waals surface area (Å²) in [6, 6.07) is 13.2. The average Bonchev–Trinajstić information content (AvgIpc) is 2.54. The smallest absolute Gasteiger partial charge is 0.277 e. The van der Waals surface area contributed by atoms with Gasteiger partial charge in [-0.05, 0) is 46.9 Å². The molecule has 118 valence electrons. The number of hydrazone groups is 1. The first kappa shape index (κ1) is 16.9. The van der Waals surface area contributed by atoms with Crippen LogP contribution >= 0.6 is 22.6 Å². The van der Waals surface area contributed by atoms with Crippen LogP contribution in [0.3, 0.4) is 0 Å². The fourth-order valence-corrected chi connectivity index (χ4v) is 1.97. The first-order chi connectivity index (χ1) is 11.0. The van der Waals surface area contributed by atoms with E-state index in [1.54, 1.807) is 24.3 Å². The van der Waals surface area contributed by atoms with Crippen LogP contribution in [-0.4, -0.2) is 23.7 Å². The molecule has 0 fully saturated rings. The lowest BCUT2D eigenvalue weighted by Gasteiger charge is -2.04. The van der Waals surface area contributed by atoms with Crippen molar-refractivity contribution in [3.8, 4) is 5.75 Å². The molecule has 0 spiro atoms. The lowest BCUT2D eigenvalue weighted by atomic mass is 10.2. The Morgan fingerprint density at radius 1 is 1.30 bits per heavy atom. The molecule has 0 aliphatic rings. The van der Waals surface area contributed by atoms with Crippen LogP contribution in [0.1, 0.15) is 5.56 Å². The molecule has 2 aromatic carbocycles. The Kier molecular flexibility index (Phi) is 6.03. The summed E-state index contributed by atoms with van der Waals surface area (Å²) in [6.07, 6.45) is 1.33. The third-order valence-corrected chi connectivity index (χ3v) is 3.39. The number of non-ortho nitro benzene ring substituents is 1. The van der Waals surface area contributed by atoms with Gasteiger partial charge in [-0.2, -0.15) is 5.10 Å². The van der Waals surface area contributed by atoms with Gasteiger partial charge in [-0.15, -0.1) is 0 Å². The zero-order valence-electron chi connectivity index (χ0n) is 11.8. The van der Waals surface area contributed by atoms with Gasteiger partial charge in [0.15, 0.2) is 6.61 Å². The second-order valence-corrected chi connectivity index (χ2v) is 5.63. The molecule has 0 aliphatic heterocycles. The summed E-state index contributed by atoms with van der Waals surface area (Å²) in [4.78, 5) is 21.7. The topological polar surface area (TPSA) is 93.8 Å². The van der Waals surface area contributed by atoms with Crippen LogP contribution in [0.5, 0.6) is 5.75 Å². The number of carbonyl (C=O) groups is 1. The standard InChI is InChI=1S/C15H12IN3O4/c16-12-4-6-14(7-5-12)23-10-15(20)18-17-9-11-2-1-3-13(8-11)19(21)22/h1-9H,10H2,(H,18,20)/b17-9+. The highest BCUT2D eigenvalue weighted by Crippen LogP contribution is 2.13. The molecule has 0 saturated carbocycles. The highest BCUT2D eigenvalue weighted by atomic mass is 127. The number of hydrogen-bond acceptors (Lipinski definition) is 5. The molecular formula is C15H12IN3O4. The Bertz CT molecular complexity index is 732. The predicted molar refractivity (Wildman–Crippen MR) is 93.5 cm³/mol. The Hall–Kier alpha value is -2.49. The van der Waals surface area contributed by atoms with E-state index in [1.807, 2.05) is 12.1 Å². The molecule has 0 aliphatic carbocycles. The summed E-state index contributed by atoms with van der Waals surface area (Å²) in [7, 11) is 0. The van der Waals surface area contributed by atoms with Crippen molar-refractivity contribution >= 4 is 40.4 Å². The lowest BCUT2D eigenvalue weighted by Crippen LogP contribution is -2.24. The molecule has 0 bridgehead atoms. The average molecular weight is 425 g/mol. The number of halogens is 1. The van der Waals surface area contributed by atoms with Gasteiger partial charge in [-0.3, -0.25) is 14.9 Å². The monoisotopic (exact) mass is 425 g/mol. The quantitative estimate of drug-likeness (QED) is 0.333. The first-order valence-corrected chi connectivity index (χ1v) is 7.57. The van der Waals surface area contributed by atoms with Crippen LogP contribution in [0.15, 0.2) is 53.6 Å². The van der Waals surface area contributed by atoms with Crippen molar-refractivity contribution in [1.29, 1.82) is 0 Å². The highest BCUT2D eigenvalue weighted by Gasteiger charge is 2.04. The molecule has 0 heterocycles. The van der Waals surface area contributed by atoms with E-state index in [9.17, 15) is 14.9 Å². The van der Waals surface area contributed by atoms with E-state index in [0.29, 0.717) is 11.3 Å². The maximum atomic E-state index is 11.6. The fraction of sp³-hybridized carbons (Fsp3) is 0.0667. The third-order valence-electron chi connectivity index (χ3n) is 2.67. The zero-order valence-corrected chi connectivity index (χ0v) is 14.0. The summed E-state index contributed by atoms with van der Waals surface area (Å²) >= 11 is 2.17. The van der Waals surface area contributed by atoms with E-state index < -0.39 is 10.8 Å². The molecule has 0 radical (unpaired) electrons. The highest BCUT2D eigenvalue weighted by molar-refractivity contribution is 14.1. The molecule has 0 saturated heterocycles. The number of amides is 1. The van der Waals surface area contributed by atoms with Gasteiger partial charge in [0.1, 0.15) is 5.75 Å². The summed E-state index contributed by atoms with van der Waals surface area (Å²) in [5.74, 6) is 0.161. The van der Waals surface area contributed by atoms with E-state index in [-0.39, 0.29) is 12.3 Å². The molecule has 2 aromatic rings. The van der Waals surface area contributed by atoms with E-state index in [4.69, 9.17) is 4.74 Å². The minimum absolute atomic E-state index is 0.0395. The molecule has 0 aromatic heterocycles. The summed E-state index contributed by atoms with van der Waals surface area (Å²) < 4.78 is 6.37. The Morgan fingerprint density at radius 2 is 2.04 bits per heavy atom. The number of benzene rings is 2. The van der Waals surface area contributed by atoms with Crippen molar-refractivity contribution in [3.63, 3.8) is 0 Å². The molecule has 23 heavy (non-hydrogen) atoms. The Morgan fingerprint density at radius 3 is 2.74 bits per heavy atom. The number of nitrogens with zero attached hydrogens (tertiary/aromatic N) is 2. The Balaban J connectivity index is 1.83. The summed E-state index contributed by atoms with van der Waals surface area (Å²) in [6.45, 7) is -0.174. The number of nitro groups is 1. The van der Waals surface area contributed by atoms with Crippen molar-refractivity contribution in [2.75, 3.05) is 6.61 Å². The predicted octanol–water partition coefficient (Wildman–Crippen LogP) is 2.73. The van der Waals surface area contributed by atoms with Crippen LogP contribution in [-0.2, 0) is 4.79 Å². The molecular weight excluding hydrogens is 413 g/mol. The number of nitrogens with one attached hydrogen (secondary N) is 1. The van der Waals surface area contributed by atoms with Crippen molar-refractivity contribution in [2.45, 2.75) is 0 Å². The molecule has 0 unspecified atom stereocenters. The lowest BCUT2D eigenvalue weighted by molar-refractivity contribution is -0.384. The molecule has 8 heteroatoms. The number of carbonyl (C=O) groups excluding carboxylic acids is 1. The van der Waals surface area contributed by atoms with Crippen LogP contribution in [0.25, 0.3) is 0 Å². The maximum Gasteiger partial charge on any atom is 0.277 e. The van der Waals surface area contributed by atoms with Gasteiger partial charge < -0.3 is 4.74 Å². The molecule has 7 nitrogen and oxygen atoms in total. The van der Waals surface area contributed by atoms with E-state index >= 15 is 0 Å². The largest absolute Gasteiger partial charge is 0.484 e. The zero-order chi connectivity index (χ0) is 16.7. The van der Waals surface area contributed by atoms with E-state index in [2.05, 4.69) is 33.1 Å². The summed E-state index contributed by atoms with van der Waals surface area (Å²) in [5.41, 5.74) is 2.77. The normalized spacial score (nSPS) is 10.5. The summed E-state index contributed by atoms with van der Waals surface area (Å²) in [5, 5.41) is 14.4. The van der Waals surface area contributed by atoms with Gasteiger partial charge in [0.25, 0.3) is 11.6 Å². The number of nitro benzene ring substituents is 1. The Labute approximate surface area is 145 Å². The molecule has 0 atom stereocenters. The van der Waals surface area contributed by atoms with Crippen LogP contribution in [0.2, 0.25) is 0 Å². The minimum Gasteiger partial charge on any atom is -0.484 e. The maximum absolute atomic E-state index is 11.6. The number of rotatable bonds is 6. The van der Waals surface area contributed by atoms with Gasteiger partial charge in [-0.25, -0.2) is 5.43 Å². The van der Waals surface area contributed by atoms with Crippen molar-refractivity contribution in [2.24, 2.45) is 5.10 Å². The van der Waals surface area contributed by atoms with Crippen molar-refractivity contribution in [3.05, 3.63) is 67.8 Å². The fourth-order valence-electron chi connectivity index (χ4n) is 1.61. The van der Waals surface area contributed by atoms with Crippen molar-refractivity contribution in [1.82, 2.24) is 5.43 Å². The minimum atomic E-state index is -0.495. The second kappa shape index (κ2) is 8.22. The number of hydrogen-bond donors (Lipinski definition) is 1. The van der Waals surface area contributed by atoms with Crippen molar-refractivity contribution < 1.29 is 14.5 Å². The van der Waals surface area contributed by atoms with Gasteiger partial charge in [0.05, 0.1) is 11.1 Å². The first-order valence-electron chi connectivity index (χ1n) is 6.49. The van der Waals surface area contributed by atoms with Gasteiger partial charge in [0, 0.05) is 21.3 Å². The van der Waals surface area contributed by atoms with Crippen LogP contribution in [0.4, 0.5) is 5.69 Å². The van der Waals surface area contributed by atoms with Crippen LogP contribution in [0, 0.1) is 13.7 Å². The molecule has 1 N–H and O–H groups in total. The van der Waals surface area contributed by atoms with E-state index in [1.165, 1.54) is 18.3 Å². The third kappa shape index (κ3) is 5.66. The molecule has 1 amide bonds. The molecule has 2 rings (SSSR count). The second-order valence-electron chi connectivity index (χ2n) is 4.39. The van der Waals surface area contributed by atoms with Gasteiger partial charge >= 0.3 is 0 Å². The van der Waals surface area contributed by atoms with Crippen LogP contribution < -0.4 is 10.2 Å².